The van der Waals surface area contributed by atoms with Gasteiger partial charge in [-0.25, -0.2) is 8.42 Å². The second-order valence-corrected chi connectivity index (χ2v) is 6.36. The normalized spacial score (nSPS) is 17.4. The number of aromatic nitrogens is 1. The third-order valence-electron chi connectivity index (χ3n) is 2.87. The lowest BCUT2D eigenvalue weighted by Crippen LogP contribution is -2.36. The largest absolute Gasteiger partial charge is 0.317 e. The van der Waals surface area contributed by atoms with Crippen molar-refractivity contribution in [3.8, 4) is 0 Å². The van der Waals surface area contributed by atoms with Crippen molar-refractivity contribution < 1.29 is 8.42 Å². The highest BCUT2D eigenvalue weighted by molar-refractivity contribution is 7.91. The summed E-state index contributed by atoms with van der Waals surface area (Å²) in [5.41, 5.74) is 0.640. The van der Waals surface area contributed by atoms with Crippen molar-refractivity contribution in [2.75, 3.05) is 13.1 Å². The maximum Gasteiger partial charge on any atom is 0.158 e. The van der Waals surface area contributed by atoms with E-state index in [2.05, 4.69) is 10.3 Å². The molecule has 2 heterocycles. The minimum absolute atomic E-state index is 0. The van der Waals surface area contributed by atoms with E-state index in [1.807, 2.05) is 6.07 Å². The molecule has 0 unspecified atom stereocenters. The SMILES string of the molecule is Cl.O=S(=O)(Cc1ccccn1)C1CCNCC1. The fourth-order valence-electron chi connectivity index (χ4n) is 1.96. The smallest absolute Gasteiger partial charge is 0.158 e. The zero-order valence-corrected chi connectivity index (χ0v) is 11.1. The highest BCUT2D eigenvalue weighted by Crippen LogP contribution is 2.17. The van der Waals surface area contributed by atoms with Crippen molar-refractivity contribution in [2.45, 2.75) is 23.8 Å². The molecule has 0 amide bonds. The number of sulfone groups is 1. The fourth-order valence-corrected chi connectivity index (χ4v) is 3.73. The molecule has 0 saturated carbocycles. The van der Waals surface area contributed by atoms with Crippen molar-refractivity contribution in [1.29, 1.82) is 0 Å². The number of nitrogens with zero attached hydrogens (tertiary/aromatic N) is 1. The number of nitrogens with one attached hydrogen (secondary N) is 1. The van der Waals surface area contributed by atoms with Gasteiger partial charge in [-0.3, -0.25) is 4.98 Å². The molecule has 0 aliphatic carbocycles. The summed E-state index contributed by atoms with van der Waals surface area (Å²) in [5.74, 6) is 0.0680. The maximum absolute atomic E-state index is 12.1. The molecule has 1 fully saturated rings. The molecule has 0 atom stereocenters. The minimum Gasteiger partial charge on any atom is -0.317 e. The molecule has 1 aliphatic heterocycles. The zero-order chi connectivity index (χ0) is 11.4. The average Bonchev–Trinajstić information content (AvgIpc) is 2.31. The van der Waals surface area contributed by atoms with Crippen LogP contribution in [-0.4, -0.2) is 31.7 Å². The van der Waals surface area contributed by atoms with Gasteiger partial charge in [0.15, 0.2) is 9.84 Å². The van der Waals surface area contributed by atoms with Crippen LogP contribution < -0.4 is 5.32 Å². The Balaban J connectivity index is 0.00000144. The van der Waals surface area contributed by atoms with Crippen LogP contribution in [0.2, 0.25) is 0 Å². The van der Waals surface area contributed by atoms with Gasteiger partial charge in [0.25, 0.3) is 0 Å². The molecular formula is C11H17ClN2O2S. The molecule has 1 aromatic rings. The maximum atomic E-state index is 12.1. The lowest BCUT2D eigenvalue weighted by molar-refractivity contribution is 0.495. The molecule has 0 spiro atoms. The summed E-state index contributed by atoms with van der Waals surface area (Å²) in [6.45, 7) is 1.60. The number of rotatable bonds is 3. The van der Waals surface area contributed by atoms with E-state index in [0.717, 1.165) is 25.9 Å². The molecule has 1 aromatic heterocycles. The summed E-state index contributed by atoms with van der Waals surface area (Å²) in [4.78, 5) is 4.06. The predicted octanol–water partition coefficient (Wildman–Crippen LogP) is 1.17. The van der Waals surface area contributed by atoms with Gasteiger partial charge in [-0.1, -0.05) is 6.07 Å². The Morgan fingerprint density at radius 2 is 2.00 bits per heavy atom. The fraction of sp³-hybridized carbons (Fsp3) is 0.545. The molecule has 1 N–H and O–H groups in total. The Hall–Kier alpha value is -0.650. The number of pyridine rings is 1. The third kappa shape index (κ3) is 3.94. The van der Waals surface area contributed by atoms with Crippen LogP contribution in [0.4, 0.5) is 0 Å². The van der Waals surface area contributed by atoms with E-state index in [-0.39, 0.29) is 23.4 Å². The molecule has 1 aliphatic rings. The van der Waals surface area contributed by atoms with Crippen molar-refractivity contribution in [3.63, 3.8) is 0 Å². The highest BCUT2D eigenvalue weighted by Gasteiger charge is 2.27. The quantitative estimate of drug-likeness (QED) is 0.900. The van der Waals surface area contributed by atoms with Gasteiger partial charge in [-0.2, -0.15) is 0 Å². The number of hydrogen-bond acceptors (Lipinski definition) is 4. The van der Waals surface area contributed by atoms with Gasteiger partial charge in [0.2, 0.25) is 0 Å². The monoisotopic (exact) mass is 276 g/mol. The van der Waals surface area contributed by atoms with Gasteiger partial charge < -0.3 is 5.32 Å². The van der Waals surface area contributed by atoms with Crippen LogP contribution >= 0.6 is 12.4 Å². The second-order valence-electron chi connectivity index (χ2n) is 4.08. The standard InChI is InChI=1S/C11H16N2O2S.ClH/c14-16(15,11-4-7-12-8-5-11)9-10-3-1-2-6-13-10;/h1-3,6,11-12H,4-5,7-9H2;1H. The first kappa shape index (κ1) is 14.4. The molecule has 0 aromatic carbocycles. The molecule has 6 heteroatoms. The summed E-state index contributed by atoms with van der Waals surface area (Å²) in [6, 6.07) is 5.37. The van der Waals surface area contributed by atoms with Gasteiger partial charge in [0, 0.05) is 6.20 Å². The summed E-state index contributed by atoms with van der Waals surface area (Å²) in [5, 5.41) is 2.97. The number of halogens is 1. The van der Waals surface area contributed by atoms with Gasteiger partial charge in [0.05, 0.1) is 16.7 Å². The average molecular weight is 277 g/mol. The van der Waals surface area contributed by atoms with E-state index < -0.39 is 9.84 Å². The van der Waals surface area contributed by atoms with Crippen LogP contribution in [-0.2, 0) is 15.6 Å². The number of hydrogen-bond donors (Lipinski definition) is 1. The lowest BCUT2D eigenvalue weighted by Gasteiger charge is -2.22. The molecule has 0 radical (unpaired) electrons. The summed E-state index contributed by atoms with van der Waals surface area (Å²) < 4.78 is 24.2. The first-order chi connectivity index (χ1) is 7.68. The second kappa shape index (κ2) is 6.33. The molecule has 0 bridgehead atoms. The van der Waals surface area contributed by atoms with Crippen LogP contribution in [0.25, 0.3) is 0 Å². The Morgan fingerprint density at radius 1 is 1.29 bits per heavy atom. The Morgan fingerprint density at radius 3 is 2.59 bits per heavy atom. The molecule has 17 heavy (non-hydrogen) atoms. The van der Waals surface area contributed by atoms with Crippen LogP contribution in [0.15, 0.2) is 24.4 Å². The molecule has 2 rings (SSSR count). The van der Waals surface area contributed by atoms with Gasteiger partial charge in [0.1, 0.15) is 0 Å². The van der Waals surface area contributed by atoms with Gasteiger partial charge in [-0.05, 0) is 38.1 Å². The van der Waals surface area contributed by atoms with Crippen LogP contribution in [0.3, 0.4) is 0 Å². The molecule has 96 valence electrons. The van der Waals surface area contributed by atoms with E-state index in [1.54, 1.807) is 18.3 Å². The van der Waals surface area contributed by atoms with Crippen molar-refractivity contribution in [2.24, 2.45) is 0 Å². The topological polar surface area (TPSA) is 59.1 Å². The van der Waals surface area contributed by atoms with E-state index in [0.29, 0.717) is 5.69 Å². The molecular weight excluding hydrogens is 260 g/mol. The van der Waals surface area contributed by atoms with E-state index in [9.17, 15) is 8.42 Å². The van der Waals surface area contributed by atoms with E-state index in [1.165, 1.54) is 0 Å². The molecule has 1 saturated heterocycles. The van der Waals surface area contributed by atoms with Crippen molar-refractivity contribution in [3.05, 3.63) is 30.1 Å². The Labute approximate surface area is 108 Å². The predicted molar refractivity (Wildman–Crippen MR) is 70.0 cm³/mol. The summed E-state index contributed by atoms with van der Waals surface area (Å²) in [6.07, 6.45) is 3.07. The first-order valence-electron chi connectivity index (χ1n) is 5.51. The summed E-state index contributed by atoms with van der Waals surface area (Å²) in [7, 11) is -3.04. The van der Waals surface area contributed by atoms with Gasteiger partial charge in [-0.15, -0.1) is 12.4 Å². The van der Waals surface area contributed by atoms with E-state index >= 15 is 0 Å². The Bertz CT molecular complexity index is 430. The van der Waals surface area contributed by atoms with Crippen LogP contribution in [0.1, 0.15) is 18.5 Å². The van der Waals surface area contributed by atoms with Gasteiger partial charge >= 0.3 is 0 Å². The van der Waals surface area contributed by atoms with E-state index in [4.69, 9.17) is 0 Å². The van der Waals surface area contributed by atoms with Crippen LogP contribution in [0, 0.1) is 0 Å². The minimum atomic E-state index is -3.04. The first-order valence-corrected chi connectivity index (χ1v) is 7.22. The van der Waals surface area contributed by atoms with Crippen molar-refractivity contribution in [1.82, 2.24) is 10.3 Å². The summed E-state index contributed by atoms with van der Waals surface area (Å²) >= 11 is 0. The van der Waals surface area contributed by atoms with Crippen LogP contribution in [0.5, 0.6) is 0 Å². The zero-order valence-electron chi connectivity index (χ0n) is 9.50. The molecule has 4 nitrogen and oxygen atoms in total. The highest BCUT2D eigenvalue weighted by atomic mass is 35.5. The number of piperidine rings is 1. The third-order valence-corrected chi connectivity index (χ3v) is 5.05. The van der Waals surface area contributed by atoms with Crippen molar-refractivity contribution >= 4 is 22.2 Å². The lowest BCUT2D eigenvalue weighted by atomic mass is 10.2. The Kier molecular flexibility index (Phi) is 5.36.